The Balaban J connectivity index is 1.57. The van der Waals surface area contributed by atoms with E-state index in [4.69, 9.17) is 0 Å². The fourth-order valence-corrected chi connectivity index (χ4v) is 5.97. The Hall–Kier alpha value is -4.17. The topological polar surface area (TPSA) is 83.8 Å². The number of anilines is 1. The molecule has 7 nitrogen and oxygen atoms in total. The van der Waals surface area contributed by atoms with Crippen molar-refractivity contribution in [3.8, 4) is 5.69 Å². The number of hydrazone groups is 1. The summed E-state index contributed by atoms with van der Waals surface area (Å²) in [4.78, 5) is 13.1. The van der Waals surface area contributed by atoms with Crippen LogP contribution >= 0.6 is 0 Å². The van der Waals surface area contributed by atoms with Crippen molar-refractivity contribution in [2.75, 3.05) is 10.8 Å². The third-order valence-electron chi connectivity index (χ3n) is 7.29. The van der Waals surface area contributed by atoms with Gasteiger partial charge in [-0.05, 0) is 113 Å². The van der Waals surface area contributed by atoms with Gasteiger partial charge >= 0.3 is 0 Å². The maximum Gasteiger partial charge on any atom is 0.264 e. The standard InChI is InChI=1S/C32H36N4O3S/c1-21-8-14-31(15-9-21)40(38,39)35(29-12-10-22(2)24(4)16-29)20-32(37)34-33-19-28-18-26(6)36(27(28)7)30-13-11-23(3)25(5)17-30/h8-19H,20H2,1-7H3,(H,34,37)/b33-19-. The molecule has 1 amide bonds. The van der Waals surface area contributed by atoms with Gasteiger partial charge in [0, 0.05) is 22.6 Å². The number of nitrogens with zero attached hydrogens (tertiary/aromatic N) is 3. The van der Waals surface area contributed by atoms with Crippen LogP contribution in [0.3, 0.4) is 0 Å². The lowest BCUT2D eigenvalue weighted by Crippen LogP contribution is -2.39. The summed E-state index contributed by atoms with van der Waals surface area (Å²) in [5.41, 5.74) is 12.2. The van der Waals surface area contributed by atoms with E-state index in [1.165, 1.54) is 11.1 Å². The van der Waals surface area contributed by atoms with Crippen molar-refractivity contribution in [2.24, 2.45) is 5.10 Å². The van der Waals surface area contributed by atoms with E-state index in [1.807, 2.05) is 46.8 Å². The van der Waals surface area contributed by atoms with Crippen LogP contribution in [-0.2, 0) is 14.8 Å². The molecule has 0 saturated carbocycles. The van der Waals surface area contributed by atoms with Crippen LogP contribution in [0.15, 0.2) is 76.7 Å². The quantitative estimate of drug-likeness (QED) is 0.214. The molecule has 0 fully saturated rings. The van der Waals surface area contributed by atoms with Crippen LogP contribution in [0.25, 0.3) is 5.69 Å². The Labute approximate surface area is 237 Å². The van der Waals surface area contributed by atoms with E-state index < -0.39 is 22.5 Å². The van der Waals surface area contributed by atoms with Gasteiger partial charge in [-0.25, -0.2) is 13.8 Å². The van der Waals surface area contributed by atoms with Gasteiger partial charge in [0.15, 0.2) is 0 Å². The Kier molecular flexibility index (Phi) is 8.30. The fraction of sp³-hybridized carbons (Fsp3) is 0.250. The van der Waals surface area contributed by atoms with Crippen molar-refractivity contribution in [3.05, 3.63) is 111 Å². The number of sulfonamides is 1. The van der Waals surface area contributed by atoms with Crippen LogP contribution in [0.5, 0.6) is 0 Å². The van der Waals surface area contributed by atoms with Gasteiger partial charge < -0.3 is 4.57 Å². The zero-order valence-corrected chi connectivity index (χ0v) is 24.9. The van der Waals surface area contributed by atoms with E-state index in [0.29, 0.717) is 5.69 Å². The molecule has 4 aromatic rings. The van der Waals surface area contributed by atoms with E-state index >= 15 is 0 Å². The van der Waals surface area contributed by atoms with Gasteiger partial charge in [0.2, 0.25) is 0 Å². The predicted molar refractivity (Wildman–Crippen MR) is 162 cm³/mol. The Morgan fingerprint density at radius 2 is 1.45 bits per heavy atom. The summed E-state index contributed by atoms with van der Waals surface area (Å²) < 4.78 is 30.6. The maximum absolute atomic E-state index is 13.6. The fourth-order valence-electron chi connectivity index (χ4n) is 4.55. The van der Waals surface area contributed by atoms with Gasteiger partial charge in [-0.15, -0.1) is 0 Å². The summed E-state index contributed by atoms with van der Waals surface area (Å²) in [7, 11) is -4.00. The van der Waals surface area contributed by atoms with Crippen LogP contribution in [-0.4, -0.2) is 31.7 Å². The Bertz CT molecular complexity index is 1700. The van der Waals surface area contributed by atoms with E-state index in [0.717, 1.165) is 43.6 Å². The molecule has 0 aliphatic carbocycles. The minimum absolute atomic E-state index is 0.117. The molecule has 8 heteroatoms. The smallest absolute Gasteiger partial charge is 0.264 e. The van der Waals surface area contributed by atoms with Crippen LogP contribution in [0, 0.1) is 48.5 Å². The molecule has 0 radical (unpaired) electrons. The van der Waals surface area contributed by atoms with E-state index in [-0.39, 0.29) is 4.90 Å². The summed E-state index contributed by atoms with van der Waals surface area (Å²) in [6.07, 6.45) is 1.59. The molecule has 1 aromatic heterocycles. The highest BCUT2D eigenvalue weighted by Crippen LogP contribution is 2.26. The van der Waals surface area contributed by atoms with E-state index in [2.05, 4.69) is 47.1 Å². The van der Waals surface area contributed by atoms with Crippen molar-refractivity contribution in [3.63, 3.8) is 0 Å². The minimum Gasteiger partial charge on any atom is -0.318 e. The molecule has 1 N–H and O–H groups in total. The number of carbonyl (C=O) groups is 1. The minimum atomic E-state index is -4.00. The number of nitrogens with one attached hydrogen (secondary N) is 1. The van der Waals surface area contributed by atoms with Gasteiger partial charge in [0.25, 0.3) is 15.9 Å². The summed E-state index contributed by atoms with van der Waals surface area (Å²) in [6, 6.07) is 20.3. The first kappa shape index (κ1) is 28.8. The summed E-state index contributed by atoms with van der Waals surface area (Å²) in [6.45, 7) is 13.5. The van der Waals surface area contributed by atoms with Crippen molar-refractivity contribution in [2.45, 2.75) is 53.4 Å². The van der Waals surface area contributed by atoms with Crippen LogP contribution in [0.2, 0.25) is 0 Å². The first-order chi connectivity index (χ1) is 18.9. The first-order valence-electron chi connectivity index (χ1n) is 13.1. The highest BCUT2D eigenvalue weighted by atomic mass is 32.2. The molecule has 0 saturated heterocycles. The number of hydrogen-bond donors (Lipinski definition) is 1. The molecule has 40 heavy (non-hydrogen) atoms. The van der Waals surface area contributed by atoms with Crippen LogP contribution in [0.1, 0.15) is 44.8 Å². The SMILES string of the molecule is Cc1ccc(S(=O)(=O)N(CC(=O)N/N=C\c2cc(C)n(-c3ccc(C)c(C)c3)c2C)c2ccc(C)c(C)c2)cc1. The highest BCUT2D eigenvalue weighted by molar-refractivity contribution is 7.92. The summed E-state index contributed by atoms with van der Waals surface area (Å²) in [5.74, 6) is -0.548. The molecule has 3 aromatic carbocycles. The summed E-state index contributed by atoms with van der Waals surface area (Å²) in [5, 5.41) is 4.17. The lowest BCUT2D eigenvalue weighted by Gasteiger charge is -2.24. The van der Waals surface area contributed by atoms with Crippen molar-refractivity contribution in [1.82, 2.24) is 9.99 Å². The van der Waals surface area contributed by atoms with Gasteiger partial charge in [-0.2, -0.15) is 5.10 Å². The van der Waals surface area contributed by atoms with Gasteiger partial charge in [-0.1, -0.05) is 29.8 Å². The number of hydrogen-bond acceptors (Lipinski definition) is 4. The van der Waals surface area contributed by atoms with E-state index in [9.17, 15) is 13.2 Å². The van der Waals surface area contributed by atoms with Crippen molar-refractivity contribution >= 4 is 27.8 Å². The molecule has 208 valence electrons. The molecular weight excluding hydrogens is 520 g/mol. The second-order valence-electron chi connectivity index (χ2n) is 10.3. The molecule has 0 aliphatic rings. The molecule has 0 atom stereocenters. The molecule has 0 unspecified atom stereocenters. The monoisotopic (exact) mass is 556 g/mol. The summed E-state index contributed by atoms with van der Waals surface area (Å²) >= 11 is 0. The molecule has 1 heterocycles. The second-order valence-corrected chi connectivity index (χ2v) is 12.2. The number of rotatable bonds is 8. The first-order valence-corrected chi connectivity index (χ1v) is 14.6. The second kappa shape index (κ2) is 11.5. The third kappa shape index (κ3) is 6.02. The Morgan fingerprint density at radius 3 is 2.08 bits per heavy atom. The van der Waals surface area contributed by atoms with Crippen molar-refractivity contribution < 1.29 is 13.2 Å². The van der Waals surface area contributed by atoms with Gasteiger partial charge in [-0.3, -0.25) is 9.10 Å². The zero-order chi connectivity index (χ0) is 29.2. The average molecular weight is 557 g/mol. The maximum atomic E-state index is 13.6. The average Bonchev–Trinajstić information content (AvgIpc) is 3.18. The van der Waals surface area contributed by atoms with Gasteiger partial charge in [0.1, 0.15) is 6.54 Å². The molecular formula is C32H36N4O3S. The number of benzene rings is 3. The number of carbonyl (C=O) groups excluding carboxylic acids is 1. The lowest BCUT2D eigenvalue weighted by molar-refractivity contribution is -0.119. The predicted octanol–water partition coefficient (Wildman–Crippen LogP) is 5.98. The third-order valence-corrected chi connectivity index (χ3v) is 9.07. The largest absolute Gasteiger partial charge is 0.318 e. The van der Waals surface area contributed by atoms with Crippen molar-refractivity contribution in [1.29, 1.82) is 0 Å². The Morgan fingerprint density at radius 1 is 0.825 bits per heavy atom. The number of aryl methyl sites for hydroxylation is 6. The van der Waals surface area contributed by atoms with Gasteiger partial charge in [0.05, 0.1) is 16.8 Å². The van der Waals surface area contributed by atoms with E-state index in [1.54, 1.807) is 42.6 Å². The zero-order valence-electron chi connectivity index (χ0n) is 24.1. The normalized spacial score (nSPS) is 11.7. The molecule has 0 bridgehead atoms. The lowest BCUT2D eigenvalue weighted by atomic mass is 10.1. The molecule has 0 aliphatic heterocycles. The highest BCUT2D eigenvalue weighted by Gasteiger charge is 2.27. The molecule has 4 rings (SSSR count). The molecule has 0 spiro atoms. The van der Waals surface area contributed by atoms with Crippen LogP contribution < -0.4 is 9.73 Å². The van der Waals surface area contributed by atoms with Crippen LogP contribution in [0.4, 0.5) is 5.69 Å². The number of amides is 1. The number of aromatic nitrogens is 1.